The van der Waals surface area contributed by atoms with E-state index in [4.69, 9.17) is 0 Å². The summed E-state index contributed by atoms with van der Waals surface area (Å²) in [7, 11) is 0. The fourth-order valence-corrected chi connectivity index (χ4v) is 10.5. The van der Waals surface area contributed by atoms with Crippen LogP contribution in [0.15, 0.2) is 11.1 Å². The van der Waals surface area contributed by atoms with Gasteiger partial charge in [-0.05, 0) is 116 Å². The van der Waals surface area contributed by atoms with E-state index in [1.54, 1.807) is 11.1 Å². The summed E-state index contributed by atoms with van der Waals surface area (Å²) < 4.78 is 0. The molecule has 0 saturated heterocycles. The van der Waals surface area contributed by atoms with Crippen LogP contribution in [0.3, 0.4) is 0 Å². The lowest BCUT2D eigenvalue weighted by Crippen LogP contribution is -2.61. The largest absolute Gasteiger partial charge is 0.481 e. The average Bonchev–Trinajstić information content (AvgIpc) is 2.74. The maximum atomic E-state index is 12.3. The summed E-state index contributed by atoms with van der Waals surface area (Å²) >= 11 is 0. The molecule has 0 radical (unpaired) electrons. The van der Waals surface area contributed by atoms with E-state index in [-0.39, 0.29) is 33.2 Å². The van der Waals surface area contributed by atoms with Crippen LogP contribution in [0.2, 0.25) is 0 Å². The molecule has 0 aromatic heterocycles. The van der Waals surface area contributed by atoms with Crippen molar-refractivity contribution in [2.45, 2.75) is 125 Å². The molecule has 0 unspecified atom stereocenters. The van der Waals surface area contributed by atoms with Crippen LogP contribution in [0.25, 0.3) is 0 Å². The Morgan fingerprint density at radius 1 is 0.788 bits per heavy atom. The Morgan fingerprint density at radius 3 is 2.12 bits per heavy atom. The summed E-state index contributed by atoms with van der Waals surface area (Å²) in [6, 6.07) is 0. The van der Waals surface area contributed by atoms with Gasteiger partial charge in [0.25, 0.3) is 0 Å². The normalized spacial score (nSPS) is 53.4. The Hall–Kier alpha value is -0.830. The first kappa shape index (κ1) is 23.9. The molecule has 5 rings (SSSR count). The number of rotatable bonds is 1. The van der Waals surface area contributed by atoms with Gasteiger partial charge in [-0.15, -0.1) is 0 Å². The van der Waals surface area contributed by atoms with E-state index >= 15 is 0 Å². The molecule has 3 fully saturated rings. The maximum absolute atomic E-state index is 12.3. The van der Waals surface area contributed by atoms with Crippen LogP contribution in [0.4, 0.5) is 0 Å². The van der Waals surface area contributed by atoms with Gasteiger partial charge in [0.05, 0.1) is 11.5 Å². The van der Waals surface area contributed by atoms with Gasteiger partial charge in [0, 0.05) is 0 Å². The molecule has 8 atom stereocenters. The molecule has 0 bridgehead atoms. The molecule has 0 amide bonds. The van der Waals surface area contributed by atoms with Crippen LogP contribution >= 0.6 is 0 Å². The van der Waals surface area contributed by atoms with Crippen molar-refractivity contribution < 1.29 is 15.0 Å². The van der Waals surface area contributed by atoms with E-state index in [9.17, 15) is 15.0 Å². The summed E-state index contributed by atoms with van der Waals surface area (Å²) in [5, 5.41) is 21.0. The third-order valence-electron chi connectivity index (χ3n) is 13.2. The molecule has 0 spiro atoms. The minimum absolute atomic E-state index is 0.0228. The van der Waals surface area contributed by atoms with Crippen LogP contribution in [-0.4, -0.2) is 22.3 Å². The third kappa shape index (κ3) is 2.87. The van der Waals surface area contributed by atoms with Crippen molar-refractivity contribution in [1.82, 2.24) is 0 Å². The molecular formula is C30H48O3. The lowest BCUT2D eigenvalue weighted by atomic mass is 9.35. The molecule has 0 aromatic rings. The van der Waals surface area contributed by atoms with Crippen LogP contribution in [-0.2, 0) is 4.79 Å². The zero-order valence-electron chi connectivity index (χ0n) is 22.3. The second-order valence-electron chi connectivity index (χ2n) is 14.9. The molecule has 186 valence electrons. The predicted molar refractivity (Wildman–Crippen MR) is 133 cm³/mol. The van der Waals surface area contributed by atoms with Gasteiger partial charge in [0.1, 0.15) is 0 Å². The average molecular weight is 457 g/mol. The molecule has 2 N–H and O–H groups in total. The monoisotopic (exact) mass is 456 g/mol. The second kappa shape index (κ2) is 6.89. The van der Waals surface area contributed by atoms with Gasteiger partial charge in [-0.3, -0.25) is 4.79 Å². The van der Waals surface area contributed by atoms with Crippen LogP contribution in [0.1, 0.15) is 119 Å². The van der Waals surface area contributed by atoms with Gasteiger partial charge >= 0.3 is 5.97 Å². The zero-order chi connectivity index (χ0) is 24.2. The number of carboxylic acid groups (broad SMARTS) is 1. The lowest BCUT2D eigenvalue weighted by molar-refractivity contribution is -0.175. The van der Waals surface area contributed by atoms with Crippen LogP contribution in [0, 0.1) is 44.3 Å². The number of aliphatic hydroxyl groups excluding tert-OH is 1. The Balaban J connectivity index is 1.59. The Kier molecular flexibility index (Phi) is 4.99. The van der Waals surface area contributed by atoms with Gasteiger partial charge in [-0.1, -0.05) is 52.7 Å². The molecule has 33 heavy (non-hydrogen) atoms. The number of fused-ring (bicyclic) bond motifs is 6. The van der Waals surface area contributed by atoms with E-state index in [0.29, 0.717) is 11.8 Å². The fraction of sp³-hybridized carbons (Fsp3) is 0.900. The minimum atomic E-state index is -0.591. The fourth-order valence-electron chi connectivity index (χ4n) is 10.5. The van der Waals surface area contributed by atoms with Gasteiger partial charge in [0.15, 0.2) is 0 Å². The molecule has 0 aliphatic heterocycles. The highest BCUT2D eigenvalue weighted by molar-refractivity contribution is 5.74. The first-order valence-corrected chi connectivity index (χ1v) is 13.8. The van der Waals surface area contributed by atoms with E-state index in [0.717, 1.165) is 32.1 Å². The molecule has 3 nitrogen and oxygen atoms in total. The van der Waals surface area contributed by atoms with Crippen molar-refractivity contribution in [3.05, 3.63) is 11.1 Å². The van der Waals surface area contributed by atoms with E-state index < -0.39 is 11.4 Å². The lowest BCUT2D eigenvalue weighted by Gasteiger charge is -2.69. The molecule has 0 aromatic carbocycles. The number of hydrogen-bond acceptors (Lipinski definition) is 2. The SMILES string of the molecule is CC1(C)[C@@H](O)CC[C@]2(C)C3=C(CC[C@@H]12)[C@@]1(C)CC[C@@]2(C)CC[C@](C)(C(=O)O)C[C@H]2[C@]1(C)CC3. The molecule has 3 heteroatoms. The summed E-state index contributed by atoms with van der Waals surface area (Å²) in [5.41, 5.74) is 3.74. The number of aliphatic hydroxyl groups is 1. The van der Waals surface area contributed by atoms with Crippen molar-refractivity contribution in [2.24, 2.45) is 44.3 Å². The summed E-state index contributed by atoms with van der Waals surface area (Å²) in [6.07, 6.45) is 11.8. The number of hydrogen-bond donors (Lipinski definition) is 2. The van der Waals surface area contributed by atoms with Gasteiger partial charge < -0.3 is 10.2 Å². The molecule has 5 aliphatic rings. The van der Waals surface area contributed by atoms with Crippen molar-refractivity contribution >= 4 is 5.97 Å². The van der Waals surface area contributed by atoms with Crippen molar-refractivity contribution in [2.75, 3.05) is 0 Å². The first-order valence-electron chi connectivity index (χ1n) is 13.8. The topological polar surface area (TPSA) is 57.5 Å². The maximum Gasteiger partial charge on any atom is 0.309 e. The first-order chi connectivity index (χ1) is 15.1. The van der Waals surface area contributed by atoms with Crippen LogP contribution < -0.4 is 0 Å². The second-order valence-corrected chi connectivity index (χ2v) is 14.9. The number of allylic oxidation sites excluding steroid dienone is 2. The zero-order valence-corrected chi connectivity index (χ0v) is 22.3. The Bertz CT molecular complexity index is 902. The summed E-state index contributed by atoms with van der Waals surface area (Å²) in [5.74, 6) is 0.439. The third-order valence-corrected chi connectivity index (χ3v) is 13.2. The van der Waals surface area contributed by atoms with Gasteiger partial charge in [-0.2, -0.15) is 0 Å². The van der Waals surface area contributed by atoms with Gasteiger partial charge in [-0.25, -0.2) is 0 Å². The molecule has 3 saturated carbocycles. The van der Waals surface area contributed by atoms with Crippen molar-refractivity contribution in [3.8, 4) is 0 Å². The van der Waals surface area contributed by atoms with E-state index in [2.05, 4.69) is 41.5 Å². The minimum Gasteiger partial charge on any atom is -0.481 e. The molecule has 0 heterocycles. The number of carboxylic acids is 1. The molecular weight excluding hydrogens is 408 g/mol. The van der Waals surface area contributed by atoms with E-state index in [1.165, 1.54) is 38.5 Å². The number of aliphatic carboxylic acids is 1. The van der Waals surface area contributed by atoms with Crippen molar-refractivity contribution in [3.63, 3.8) is 0 Å². The number of carbonyl (C=O) groups is 1. The quantitative estimate of drug-likeness (QED) is 0.405. The highest BCUT2D eigenvalue weighted by atomic mass is 16.4. The van der Waals surface area contributed by atoms with Crippen LogP contribution in [0.5, 0.6) is 0 Å². The van der Waals surface area contributed by atoms with Crippen molar-refractivity contribution in [1.29, 1.82) is 0 Å². The predicted octanol–water partition coefficient (Wildman–Crippen LogP) is 7.38. The smallest absolute Gasteiger partial charge is 0.309 e. The highest BCUT2D eigenvalue weighted by Crippen LogP contribution is 2.75. The Morgan fingerprint density at radius 2 is 1.45 bits per heavy atom. The molecule has 5 aliphatic carbocycles. The summed E-state index contributed by atoms with van der Waals surface area (Å²) in [6.45, 7) is 16.8. The van der Waals surface area contributed by atoms with E-state index in [1.807, 2.05) is 6.92 Å². The summed E-state index contributed by atoms with van der Waals surface area (Å²) in [4.78, 5) is 12.3. The standard InChI is InChI=1S/C30H48O3/c1-25(2)21-9-8-20-19(28(21,5)12-11-23(25)31)10-13-30(7)22-18-27(4,24(32)33)15-14-26(22,3)16-17-29(20,30)6/h21-23,31H,8-18H2,1-7H3,(H,32,33)/t21-,22+,23-,26+,27-,28+,29+,30-/m0/s1. The van der Waals surface area contributed by atoms with Gasteiger partial charge in [0.2, 0.25) is 0 Å². The Labute approximate surface area is 201 Å². The highest BCUT2D eigenvalue weighted by Gasteiger charge is 2.66.